The van der Waals surface area contributed by atoms with Gasteiger partial charge < -0.3 is 25.0 Å². The van der Waals surface area contributed by atoms with Crippen LogP contribution in [-0.4, -0.2) is 67.4 Å². The molecular weight excluding hydrogens is 679 g/mol. The van der Waals surface area contributed by atoms with E-state index in [0.29, 0.717) is 32.3 Å². The highest BCUT2D eigenvalue weighted by molar-refractivity contribution is 7.80. The Morgan fingerprint density at radius 2 is 0.868 bits per heavy atom. The van der Waals surface area contributed by atoms with Gasteiger partial charge in [0.1, 0.15) is 0 Å². The Labute approximate surface area is 335 Å². The van der Waals surface area contributed by atoms with Gasteiger partial charge in [-0.1, -0.05) is 170 Å². The summed E-state index contributed by atoms with van der Waals surface area (Å²) in [6.07, 6.45) is 30.5. The maximum Gasteiger partial charge on any atom is 0.308 e. The average Bonchev–Trinajstić information content (AvgIpc) is 3.14. The molecule has 2 unspecified atom stereocenters. The molecule has 0 aliphatic rings. The van der Waals surface area contributed by atoms with Crippen LogP contribution in [0.15, 0.2) is 0 Å². The number of nitrogens with zero attached hydrogens (tertiary/aromatic N) is 1. The van der Waals surface area contributed by atoms with E-state index in [4.69, 9.17) is 21.7 Å². The summed E-state index contributed by atoms with van der Waals surface area (Å²) < 4.78 is 11.8. The molecule has 0 radical (unpaired) electrons. The van der Waals surface area contributed by atoms with Gasteiger partial charge in [0.05, 0.1) is 25.0 Å². The molecule has 0 aromatic heterocycles. The highest BCUT2D eigenvalue weighted by Gasteiger charge is 2.21. The molecule has 0 saturated carbocycles. The van der Waals surface area contributed by atoms with Crippen molar-refractivity contribution >= 4 is 29.3 Å². The van der Waals surface area contributed by atoms with Gasteiger partial charge in [-0.2, -0.15) is 0 Å². The van der Waals surface area contributed by atoms with Crippen molar-refractivity contribution in [3.8, 4) is 0 Å². The van der Waals surface area contributed by atoms with Gasteiger partial charge in [0.15, 0.2) is 5.11 Å². The molecule has 314 valence electrons. The summed E-state index contributed by atoms with van der Waals surface area (Å²) in [4.78, 5) is 28.6. The van der Waals surface area contributed by atoms with E-state index >= 15 is 0 Å². The average molecular weight is 768 g/mol. The summed E-state index contributed by atoms with van der Waals surface area (Å²) in [7, 11) is 0. The van der Waals surface area contributed by atoms with E-state index < -0.39 is 0 Å². The molecule has 0 spiro atoms. The van der Waals surface area contributed by atoms with Crippen LogP contribution in [0, 0.1) is 11.8 Å². The minimum absolute atomic E-state index is 0.0162. The molecule has 2 N–H and O–H groups in total. The van der Waals surface area contributed by atoms with Crippen LogP contribution in [0.4, 0.5) is 0 Å². The topological polar surface area (TPSA) is 79.9 Å². The van der Waals surface area contributed by atoms with Gasteiger partial charge in [-0.3, -0.25) is 9.59 Å². The normalized spacial score (nSPS) is 12.5. The first kappa shape index (κ1) is 51.6. The second-order valence-electron chi connectivity index (χ2n) is 15.9. The minimum Gasteiger partial charge on any atom is -0.465 e. The first-order valence-electron chi connectivity index (χ1n) is 22.9. The third-order valence-corrected chi connectivity index (χ3v) is 10.8. The highest BCUT2D eigenvalue weighted by atomic mass is 32.1. The molecule has 53 heavy (non-hydrogen) atoms. The van der Waals surface area contributed by atoms with Crippen molar-refractivity contribution in [3.63, 3.8) is 0 Å². The van der Waals surface area contributed by atoms with Crippen LogP contribution in [0.5, 0.6) is 0 Å². The first-order valence-corrected chi connectivity index (χ1v) is 23.3. The Balaban J connectivity index is 5.07. The van der Waals surface area contributed by atoms with E-state index in [9.17, 15) is 9.59 Å². The zero-order valence-corrected chi connectivity index (χ0v) is 36.9. The van der Waals surface area contributed by atoms with Crippen molar-refractivity contribution in [2.24, 2.45) is 11.8 Å². The number of nitrogens with one attached hydrogen (secondary N) is 2. The fraction of sp³-hybridized carbons (Fsp3) is 0.933. The standard InChI is InChI=1S/C45H89N3O4S/c1-7-11-15-19-21-25-32-41(30-23-17-13-9-3)43(49)51-38-28-36-48(45(53)47-35-27-34-46-40(5)6)37-29-39-52-44(50)42(31-24-18-14-10-4)33-26-22-20-16-12-8-2/h40-42,46H,7-39H2,1-6H3,(H,47,53). The molecule has 0 heterocycles. The summed E-state index contributed by atoms with van der Waals surface area (Å²) >= 11 is 5.85. The summed E-state index contributed by atoms with van der Waals surface area (Å²) in [6.45, 7) is 17.2. The summed E-state index contributed by atoms with van der Waals surface area (Å²) in [6, 6.07) is 0.465. The Morgan fingerprint density at radius 1 is 0.509 bits per heavy atom. The molecule has 0 aromatic rings. The van der Waals surface area contributed by atoms with Gasteiger partial charge in [0, 0.05) is 25.7 Å². The minimum atomic E-state index is -0.0166. The number of esters is 2. The fourth-order valence-corrected chi connectivity index (χ4v) is 7.22. The first-order chi connectivity index (χ1) is 25.8. The van der Waals surface area contributed by atoms with Crippen LogP contribution in [0.1, 0.15) is 215 Å². The lowest BCUT2D eigenvalue weighted by atomic mass is 9.94. The summed E-state index contributed by atoms with van der Waals surface area (Å²) in [5.41, 5.74) is 0. The Kier molecular flexibility index (Phi) is 37.8. The van der Waals surface area contributed by atoms with E-state index in [2.05, 4.69) is 57.1 Å². The van der Waals surface area contributed by atoms with Crippen LogP contribution in [0.25, 0.3) is 0 Å². The zero-order valence-electron chi connectivity index (χ0n) is 36.1. The molecule has 2 atom stereocenters. The maximum absolute atomic E-state index is 13.2. The number of hydrogen-bond donors (Lipinski definition) is 2. The van der Waals surface area contributed by atoms with Crippen LogP contribution < -0.4 is 10.6 Å². The Bertz CT molecular complexity index is 791. The fourth-order valence-electron chi connectivity index (χ4n) is 6.93. The molecule has 0 saturated heterocycles. The number of carbonyl (C=O) groups is 2. The van der Waals surface area contributed by atoms with Crippen molar-refractivity contribution in [1.82, 2.24) is 15.5 Å². The van der Waals surface area contributed by atoms with Crippen molar-refractivity contribution in [3.05, 3.63) is 0 Å². The molecule has 0 bridgehead atoms. The van der Waals surface area contributed by atoms with Crippen LogP contribution in [0.2, 0.25) is 0 Å². The van der Waals surface area contributed by atoms with Crippen molar-refractivity contribution in [2.75, 3.05) is 39.4 Å². The quantitative estimate of drug-likeness (QED) is 0.0364. The Morgan fingerprint density at radius 3 is 1.25 bits per heavy atom. The zero-order chi connectivity index (χ0) is 39.2. The van der Waals surface area contributed by atoms with Crippen LogP contribution >= 0.6 is 12.2 Å². The molecule has 0 aromatic carbocycles. The third-order valence-electron chi connectivity index (χ3n) is 10.4. The van der Waals surface area contributed by atoms with Gasteiger partial charge in [0.2, 0.25) is 0 Å². The largest absolute Gasteiger partial charge is 0.465 e. The predicted octanol–water partition coefficient (Wildman–Crippen LogP) is 12.1. The number of ether oxygens (including phenoxy) is 2. The highest BCUT2D eigenvalue weighted by Crippen LogP contribution is 2.22. The second-order valence-corrected chi connectivity index (χ2v) is 16.3. The number of hydrogen-bond acceptors (Lipinski definition) is 6. The van der Waals surface area contributed by atoms with E-state index in [1.807, 2.05) is 0 Å². The number of rotatable bonds is 39. The van der Waals surface area contributed by atoms with Gasteiger partial charge >= 0.3 is 11.9 Å². The summed E-state index contributed by atoms with van der Waals surface area (Å²) in [5.74, 6) is -0.000701. The molecular formula is C45H89N3O4S. The van der Waals surface area contributed by atoms with Gasteiger partial charge in [-0.25, -0.2) is 0 Å². The molecule has 0 rings (SSSR count). The lowest BCUT2D eigenvalue weighted by Crippen LogP contribution is -2.42. The number of unbranched alkanes of at least 4 members (excludes halogenated alkanes) is 16. The Hall–Kier alpha value is -1.41. The lowest BCUT2D eigenvalue weighted by molar-refractivity contribution is -0.150. The molecule has 8 heteroatoms. The van der Waals surface area contributed by atoms with Crippen molar-refractivity contribution in [1.29, 1.82) is 0 Å². The van der Waals surface area contributed by atoms with Gasteiger partial charge in [-0.15, -0.1) is 0 Å². The smallest absolute Gasteiger partial charge is 0.308 e. The maximum atomic E-state index is 13.2. The molecule has 0 amide bonds. The summed E-state index contributed by atoms with van der Waals surface area (Å²) in [5, 5.41) is 7.63. The van der Waals surface area contributed by atoms with Gasteiger partial charge in [-0.05, 0) is 63.7 Å². The lowest BCUT2D eigenvalue weighted by Gasteiger charge is -2.26. The monoisotopic (exact) mass is 768 g/mol. The van der Waals surface area contributed by atoms with Gasteiger partial charge in [0.25, 0.3) is 0 Å². The van der Waals surface area contributed by atoms with E-state index in [1.54, 1.807) is 0 Å². The van der Waals surface area contributed by atoms with Crippen LogP contribution in [0.3, 0.4) is 0 Å². The van der Waals surface area contributed by atoms with Crippen LogP contribution in [-0.2, 0) is 19.1 Å². The predicted molar refractivity (Wildman–Crippen MR) is 232 cm³/mol. The SMILES string of the molecule is CCCCCCCCC(CCCCCC)C(=O)OCCCN(CCCOC(=O)C(CCCCCC)CCCCCCCC)C(=S)NCCCNC(C)C. The number of thiocarbonyl (C=S) groups is 1. The molecule has 0 aliphatic heterocycles. The van der Waals surface area contributed by atoms with E-state index in [0.717, 1.165) is 88.8 Å². The number of carbonyl (C=O) groups excluding carboxylic acids is 2. The molecule has 7 nitrogen and oxygen atoms in total. The van der Waals surface area contributed by atoms with E-state index in [-0.39, 0.29) is 23.8 Å². The third kappa shape index (κ3) is 32.5. The second kappa shape index (κ2) is 38.8. The molecule has 0 aliphatic carbocycles. The van der Waals surface area contributed by atoms with Crippen molar-refractivity contribution in [2.45, 2.75) is 221 Å². The van der Waals surface area contributed by atoms with E-state index in [1.165, 1.54) is 103 Å². The molecule has 0 fully saturated rings. The van der Waals surface area contributed by atoms with Crippen molar-refractivity contribution < 1.29 is 19.1 Å².